The number of allylic oxidation sites excluding steroid dienone is 2. The Hall–Kier alpha value is -0.260. The van der Waals surface area contributed by atoms with Crippen LogP contribution in [0, 0.1) is 17.3 Å². The highest BCUT2D eigenvalue weighted by atomic mass is 14.6. The van der Waals surface area contributed by atoms with E-state index in [9.17, 15) is 0 Å². The number of rotatable bonds is 0. The SMILES string of the molecule is C1C[C@@]2(CCC3CCC32)C2=C1C2. The van der Waals surface area contributed by atoms with Gasteiger partial charge in [-0.3, -0.25) is 0 Å². The molecule has 2 fully saturated rings. The molecule has 3 atom stereocenters. The number of hydrogen-bond donors (Lipinski definition) is 0. The summed E-state index contributed by atoms with van der Waals surface area (Å²) in [6, 6.07) is 0. The Bertz CT molecular complexity index is 286. The third kappa shape index (κ3) is 0.496. The highest BCUT2D eigenvalue weighted by molar-refractivity contribution is 5.47. The van der Waals surface area contributed by atoms with Crippen molar-refractivity contribution in [3.8, 4) is 0 Å². The number of fused-ring (bicyclic) bond motifs is 3. The van der Waals surface area contributed by atoms with Crippen LogP contribution in [0.4, 0.5) is 0 Å². The molecule has 0 nitrogen and oxygen atoms in total. The van der Waals surface area contributed by atoms with Crippen LogP contribution >= 0.6 is 0 Å². The van der Waals surface area contributed by atoms with E-state index >= 15 is 0 Å². The van der Waals surface area contributed by atoms with Crippen molar-refractivity contribution in [2.24, 2.45) is 17.3 Å². The second-order valence-corrected chi connectivity index (χ2v) is 5.40. The molecule has 0 aromatic heterocycles. The first-order chi connectivity index (χ1) is 5.90. The van der Waals surface area contributed by atoms with E-state index in [-0.39, 0.29) is 0 Å². The summed E-state index contributed by atoms with van der Waals surface area (Å²) in [5, 5.41) is 0. The van der Waals surface area contributed by atoms with Crippen LogP contribution < -0.4 is 0 Å². The van der Waals surface area contributed by atoms with Gasteiger partial charge in [0, 0.05) is 0 Å². The molecular formula is C12H16. The largest absolute Gasteiger partial charge is 0.0660 e. The molecule has 0 heterocycles. The van der Waals surface area contributed by atoms with Crippen LogP contribution in [-0.4, -0.2) is 0 Å². The van der Waals surface area contributed by atoms with Crippen molar-refractivity contribution in [1.29, 1.82) is 0 Å². The fourth-order valence-electron chi connectivity index (χ4n) is 4.42. The molecule has 4 aliphatic rings. The zero-order chi connectivity index (χ0) is 7.76. The predicted octanol–water partition coefficient (Wildman–Crippen LogP) is 3.29. The highest BCUT2D eigenvalue weighted by Crippen LogP contribution is 2.71. The molecular weight excluding hydrogens is 144 g/mol. The van der Waals surface area contributed by atoms with E-state index in [0.29, 0.717) is 0 Å². The van der Waals surface area contributed by atoms with E-state index in [0.717, 1.165) is 17.3 Å². The Morgan fingerprint density at radius 1 is 1.08 bits per heavy atom. The summed E-state index contributed by atoms with van der Waals surface area (Å²) >= 11 is 0. The molecule has 0 N–H and O–H groups in total. The minimum Gasteiger partial charge on any atom is -0.0660 e. The van der Waals surface area contributed by atoms with Gasteiger partial charge in [-0.1, -0.05) is 11.1 Å². The van der Waals surface area contributed by atoms with Crippen molar-refractivity contribution < 1.29 is 0 Å². The van der Waals surface area contributed by atoms with Crippen LogP contribution in [-0.2, 0) is 0 Å². The van der Waals surface area contributed by atoms with Crippen molar-refractivity contribution in [2.75, 3.05) is 0 Å². The zero-order valence-electron chi connectivity index (χ0n) is 7.60. The lowest BCUT2D eigenvalue weighted by molar-refractivity contribution is 0.113. The van der Waals surface area contributed by atoms with Crippen LogP contribution in [0.2, 0.25) is 0 Å². The van der Waals surface area contributed by atoms with Gasteiger partial charge in [0.25, 0.3) is 0 Å². The average Bonchev–Trinajstić information content (AvgIpc) is 2.65. The third-order valence-corrected chi connectivity index (χ3v) is 5.25. The van der Waals surface area contributed by atoms with Gasteiger partial charge in [0.05, 0.1) is 0 Å². The first kappa shape index (κ1) is 6.23. The quantitative estimate of drug-likeness (QED) is 0.477. The normalized spacial score (nSPS) is 54.0. The molecule has 0 saturated heterocycles. The lowest BCUT2D eigenvalue weighted by atomic mass is 9.63. The molecule has 12 heavy (non-hydrogen) atoms. The first-order valence-corrected chi connectivity index (χ1v) is 5.61. The maximum atomic E-state index is 1.95. The summed E-state index contributed by atoms with van der Waals surface area (Å²) in [5.41, 5.74) is 4.65. The van der Waals surface area contributed by atoms with Gasteiger partial charge in [0.1, 0.15) is 0 Å². The standard InChI is InChI=1S/C12H16/c1-2-10-8(1)3-5-12(10)6-4-9-7-11(9)12/h8,10H,1-7H2/t8?,10?,12-/m1/s1. The summed E-state index contributed by atoms with van der Waals surface area (Å²) in [6.45, 7) is 0. The Balaban J connectivity index is 1.78. The fraction of sp³-hybridized carbons (Fsp3) is 0.833. The Kier molecular flexibility index (Phi) is 0.865. The minimum atomic E-state index is 0.818. The molecule has 0 bridgehead atoms. The Morgan fingerprint density at radius 2 is 2.08 bits per heavy atom. The Morgan fingerprint density at radius 3 is 2.58 bits per heavy atom. The van der Waals surface area contributed by atoms with E-state index < -0.39 is 0 Å². The van der Waals surface area contributed by atoms with E-state index in [1.807, 2.05) is 11.1 Å². The lowest BCUT2D eigenvalue weighted by Gasteiger charge is -2.41. The van der Waals surface area contributed by atoms with Gasteiger partial charge >= 0.3 is 0 Å². The molecule has 4 rings (SSSR count). The lowest BCUT2D eigenvalue weighted by Crippen LogP contribution is -2.33. The van der Waals surface area contributed by atoms with Crippen LogP contribution in [0.1, 0.15) is 44.9 Å². The molecule has 0 aromatic carbocycles. The van der Waals surface area contributed by atoms with Gasteiger partial charge in [0.15, 0.2) is 0 Å². The highest BCUT2D eigenvalue weighted by Gasteiger charge is 2.59. The van der Waals surface area contributed by atoms with E-state index in [1.165, 1.54) is 12.8 Å². The minimum absolute atomic E-state index is 0.818. The topological polar surface area (TPSA) is 0 Å². The van der Waals surface area contributed by atoms with Crippen molar-refractivity contribution in [1.82, 2.24) is 0 Å². The summed E-state index contributed by atoms with van der Waals surface area (Å²) in [5.74, 6) is 2.32. The molecule has 4 aliphatic carbocycles. The molecule has 0 radical (unpaired) electrons. The maximum Gasteiger partial charge on any atom is -0.00481 e. The van der Waals surface area contributed by atoms with Gasteiger partial charge in [-0.15, -0.1) is 0 Å². The molecule has 2 unspecified atom stereocenters. The van der Waals surface area contributed by atoms with Crippen LogP contribution in [0.3, 0.4) is 0 Å². The van der Waals surface area contributed by atoms with Crippen molar-refractivity contribution in [2.45, 2.75) is 44.9 Å². The maximum absolute atomic E-state index is 1.95. The van der Waals surface area contributed by atoms with Gasteiger partial charge in [-0.05, 0) is 62.2 Å². The monoisotopic (exact) mass is 160 g/mol. The van der Waals surface area contributed by atoms with Gasteiger partial charge < -0.3 is 0 Å². The van der Waals surface area contributed by atoms with Crippen LogP contribution in [0.5, 0.6) is 0 Å². The fourth-order valence-corrected chi connectivity index (χ4v) is 4.42. The predicted molar refractivity (Wildman–Crippen MR) is 48.8 cm³/mol. The van der Waals surface area contributed by atoms with E-state index in [4.69, 9.17) is 0 Å². The molecule has 1 spiro atoms. The van der Waals surface area contributed by atoms with E-state index in [1.54, 1.807) is 32.1 Å². The van der Waals surface area contributed by atoms with Crippen LogP contribution in [0.15, 0.2) is 11.1 Å². The molecule has 0 amide bonds. The second-order valence-electron chi connectivity index (χ2n) is 5.40. The zero-order valence-corrected chi connectivity index (χ0v) is 7.60. The molecule has 2 saturated carbocycles. The van der Waals surface area contributed by atoms with Crippen molar-refractivity contribution >= 4 is 0 Å². The van der Waals surface area contributed by atoms with Gasteiger partial charge in [-0.25, -0.2) is 0 Å². The van der Waals surface area contributed by atoms with Crippen molar-refractivity contribution in [3.63, 3.8) is 0 Å². The van der Waals surface area contributed by atoms with Gasteiger partial charge in [0.2, 0.25) is 0 Å². The average molecular weight is 160 g/mol. The Labute approximate surface area is 74.0 Å². The summed E-state index contributed by atoms with van der Waals surface area (Å²) < 4.78 is 0. The van der Waals surface area contributed by atoms with Crippen molar-refractivity contribution in [3.05, 3.63) is 11.1 Å². The van der Waals surface area contributed by atoms with E-state index in [2.05, 4.69) is 0 Å². The molecule has 0 heteroatoms. The molecule has 0 aromatic rings. The number of hydrogen-bond acceptors (Lipinski definition) is 0. The smallest absolute Gasteiger partial charge is 0.00481 e. The molecule has 0 aliphatic heterocycles. The van der Waals surface area contributed by atoms with Gasteiger partial charge in [-0.2, -0.15) is 0 Å². The summed E-state index contributed by atoms with van der Waals surface area (Å²) in [4.78, 5) is 0. The summed E-state index contributed by atoms with van der Waals surface area (Å²) in [6.07, 6.45) is 10.8. The molecule has 64 valence electrons. The summed E-state index contributed by atoms with van der Waals surface area (Å²) in [7, 11) is 0. The third-order valence-electron chi connectivity index (χ3n) is 5.25. The van der Waals surface area contributed by atoms with Crippen LogP contribution in [0.25, 0.3) is 0 Å². The second kappa shape index (κ2) is 1.66. The first-order valence-electron chi connectivity index (χ1n) is 5.61.